The monoisotopic (exact) mass is 751 g/mol. The Balaban J connectivity index is 0.00000272. The molecule has 11 nitrogen and oxygen atoms in total. The van der Waals surface area contributed by atoms with E-state index in [9.17, 15) is 19.2 Å². The van der Waals surface area contributed by atoms with Gasteiger partial charge in [-0.2, -0.15) is 0 Å². The number of rotatable bonds is 26. The topological polar surface area (TPSA) is 141 Å². The lowest BCUT2D eigenvalue weighted by molar-refractivity contribution is -0.126. The molecule has 0 radical (unpaired) electrons. The number of hydrogen-bond donors (Lipinski definition) is 5. The van der Waals surface area contributed by atoms with E-state index >= 15 is 0 Å². The zero-order chi connectivity index (χ0) is 40.0. The molecule has 1 aromatic rings. The predicted molar refractivity (Wildman–Crippen MR) is 222 cm³/mol. The quantitative estimate of drug-likeness (QED) is 0.0443. The van der Waals surface area contributed by atoms with Crippen LogP contribution >= 0.6 is 0 Å². The van der Waals surface area contributed by atoms with Gasteiger partial charge in [0, 0.05) is 25.6 Å². The number of nitrogens with zero attached hydrogens (tertiary/aromatic N) is 1. The first-order valence-electron chi connectivity index (χ1n) is 19.7. The van der Waals surface area contributed by atoms with Crippen molar-refractivity contribution in [2.45, 2.75) is 109 Å². The van der Waals surface area contributed by atoms with E-state index in [0.29, 0.717) is 32.4 Å². The van der Waals surface area contributed by atoms with Crippen molar-refractivity contribution in [3.05, 3.63) is 78.4 Å². The summed E-state index contributed by atoms with van der Waals surface area (Å²) in [6, 6.07) is 6.03. The minimum atomic E-state index is -0.758. The minimum absolute atomic E-state index is 0.00184. The number of nitrogens with one attached hydrogen (secondary N) is 5. The Hall–Kier alpha value is -4.22. The summed E-state index contributed by atoms with van der Waals surface area (Å²) in [4.78, 5) is 53.1. The molecule has 54 heavy (non-hydrogen) atoms. The molecule has 1 aromatic carbocycles. The molecule has 5 N–H and O–H groups in total. The van der Waals surface area contributed by atoms with Gasteiger partial charge in [0.1, 0.15) is 12.0 Å². The number of amides is 4. The highest BCUT2D eigenvalue weighted by Gasteiger charge is 2.27. The second-order valence-electron chi connectivity index (χ2n) is 13.8. The molecule has 0 aliphatic heterocycles. The molecule has 302 valence electrons. The van der Waals surface area contributed by atoms with Crippen LogP contribution < -0.4 is 31.3 Å². The molecule has 2 rings (SSSR count). The van der Waals surface area contributed by atoms with Crippen molar-refractivity contribution in [1.29, 1.82) is 0 Å². The van der Waals surface area contributed by atoms with Gasteiger partial charge in [0.15, 0.2) is 0 Å². The van der Waals surface area contributed by atoms with Crippen LogP contribution in [0.25, 0.3) is 0 Å². The number of hydrogen-bond acceptors (Lipinski definition) is 7. The summed E-state index contributed by atoms with van der Waals surface area (Å²) in [5, 5.41) is 14.8. The first kappa shape index (κ1) is 47.8. The molecular weight excluding hydrogens is 681 g/mol. The summed E-state index contributed by atoms with van der Waals surface area (Å²) in [5.41, 5.74) is 2.22. The third kappa shape index (κ3) is 20.9. The Bertz CT molecular complexity index is 1310. The summed E-state index contributed by atoms with van der Waals surface area (Å²) in [7, 11) is 7.20. The number of ether oxygens (including phenoxy) is 1. The Morgan fingerprint density at radius 1 is 0.963 bits per heavy atom. The van der Waals surface area contributed by atoms with E-state index in [1.54, 1.807) is 14.2 Å². The average molecular weight is 751 g/mol. The fourth-order valence-corrected chi connectivity index (χ4v) is 6.07. The fourth-order valence-electron chi connectivity index (χ4n) is 6.07. The van der Waals surface area contributed by atoms with Gasteiger partial charge in [0.25, 0.3) is 0 Å². The van der Waals surface area contributed by atoms with E-state index in [1.165, 1.54) is 0 Å². The molecule has 1 aliphatic carbocycles. The lowest BCUT2D eigenvalue weighted by Gasteiger charge is -2.27. The van der Waals surface area contributed by atoms with Gasteiger partial charge in [-0.05, 0) is 104 Å². The highest BCUT2D eigenvalue weighted by molar-refractivity contribution is 5.85. The van der Waals surface area contributed by atoms with Crippen LogP contribution in [0.5, 0.6) is 5.75 Å². The molecule has 0 saturated heterocycles. The van der Waals surface area contributed by atoms with Gasteiger partial charge in [-0.25, -0.2) is 4.79 Å². The second kappa shape index (κ2) is 30.1. The van der Waals surface area contributed by atoms with Crippen LogP contribution in [0.1, 0.15) is 90.0 Å². The normalized spacial score (nSPS) is 14.5. The van der Waals surface area contributed by atoms with Gasteiger partial charge in [-0.3, -0.25) is 14.5 Å². The van der Waals surface area contributed by atoms with Gasteiger partial charge in [0.05, 0.1) is 25.2 Å². The molecule has 0 bridgehead atoms. The number of carbonyl (C=O) groups excluding carboxylic acids is 4. The van der Waals surface area contributed by atoms with Crippen LogP contribution in [-0.2, 0) is 20.8 Å². The van der Waals surface area contributed by atoms with Gasteiger partial charge in [-0.1, -0.05) is 80.3 Å². The van der Waals surface area contributed by atoms with Crippen LogP contribution in [-0.4, -0.2) is 95.0 Å². The first-order valence-corrected chi connectivity index (χ1v) is 19.7. The van der Waals surface area contributed by atoms with Gasteiger partial charge >= 0.3 is 6.03 Å². The highest BCUT2D eigenvalue weighted by atomic mass is 16.5. The van der Waals surface area contributed by atoms with Crippen molar-refractivity contribution in [1.82, 2.24) is 31.5 Å². The molecule has 4 atom stereocenters. The lowest BCUT2D eigenvalue weighted by atomic mass is 9.92. The number of methoxy groups -OCH3 is 1. The van der Waals surface area contributed by atoms with Crippen LogP contribution in [0.3, 0.4) is 0 Å². The highest BCUT2D eigenvalue weighted by Crippen LogP contribution is 2.18. The Labute approximate surface area is 325 Å². The van der Waals surface area contributed by atoms with Crippen molar-refractivity contribution in [3.63, 3.8) is 0 Å². The molecule has 0 heterocycles. The van der Waals surface area contributed by atoms with Crippen LogP contribution in [0.4, 0.5) is 4.79 Å². The number of benzene rings is 1. The Morgan fingerprint density at radius 3 is 2.28 bits per heavy atom. The first-order chi connectivity index (χ1) is 26.1. The number of unbranched alkanes of at least 4 members (excludes halogenated alkanes) is 3. The van der Waals surface area contributed by atoms with E-state index in [2.05, 4.69) is 64.4 Å². The molecule has 4 unspecified atom stereocenters. The summed E-state index contributed by atoms with van der Waals surface area (Å²) in [6.07, 6.45) is 22.8. The van der Waals surface area contributed by atoms with E-state index in [1.807, 2.05) is 62.3 Å². The molecule has 1 aliphatic rings. The van der Waals surface area contributed by atoms with E-state index in [-0.39, 0.29) is 36.3 Å². The number of likely N-dealkylation sites (N-methyl/N-ethyl adjacent to an activating group) is 2. The number of aldehydes is 1. The van der Waals surface area contributed by atoms with Gasteiger partial charge < -0.3 is 36.1 Å². The predicted octanol–water partition coefficient (Wildman–Crippen LogP) is 6.03. The van der Waals surface area contributed by atoms with Crippen molar-refractivity contribution in [2.75, 3.05) is 47.9 Å². The maximum Gasteiger partial charge on any atom is 0.314 e. The van der Waals surface area contributed by atoms with E-state index in [4.69, 9.17) is 4.74 Å². The smallest absolute Gasteiger partial charge is 0.314 e. The second-order valence-corrected chi connectivity index (χ2v) is 13.8. The van der Waals surface area contributed by atoms with Gasteiger partial charge in [0.2, 0.25) is 11.8 Å². The van der Waals surface area contributed by atoms with Crippen molar-refractivity contribution >= 4 is 24.1 Å². The van der Waals surface area contributed by atoms with Crippen molar-refractivity contribution < 1.29 is 23.9 Å². The van der Waals surface area contributed by atoms with Gasteiger partial charge in [-0.15, -0.1) is 6.58 Å². The maximum absolute atomic E-state index is 13.3. The summed E-state index contributed by atoms with van der Waals surface area (Å²) >= 11 is 0. The summed E-state index contributed by atoms with van der Waals surface area (Å²) in [6.45, 7) is 9.17. The molecule has 0 aromatic heterocycles. The molecule has 11 heteroatoms. The summed E-state index contributed by atoms with van der Waals surface area (Å²) < 4.78 is 5.21. The standard InChI is InChI=1S/C38H60N6O5.C5H10/c1-6-7-14-24-41-38(48)42-27-31(34(28-45)43-36(46)33(39-2)26-30-15-10-8-11-16-30)17-12-9-13-18-35(44(3)4)37(47)40-25-23-29-19-21-32(49-5)22-20-29;1-3-5-4-2/h6,10,15-16,19-22,28,31,33-35,39H,1,7-9,11-14,17-18,23-27H2,2-5H3,(H,40,47)(H,43,46)(H2,41,42,48);3,5H,4H2,1-2H3/b;5-3-. The van der Waals surface area contributed by atoms with E-state index in [0.717, 1.165) is 81.0 Å². The Morgan fingerprint density at radius 2 is 1.70 bits per heavy atom. The number of allylic oxidation sites excluding steroid dienone is 6. The summed E-state index contributed by atoms with van der Waals surface area (Å²) in [5.74, 6) is 0.267. The van der Waals surface area contributed by atoms with Crippen molar-refractivity contribution in [2.24, 2.45) is 5.92 Å². The Kier molecular flexibility index (Phi) is 26.7. The molecular formula is C43H70N6O5. The minimum Gasteiger partial charge on any atom is -0.497 e. The fraction of sp³-hybridized carbons (Fsp3) is 0.581. The number of urea groups is 1. The largest absolute Gasteiger partial charge is 0.497 e. The third-order valence-corrected chi connectivity index (χ3v) is 9.36. The van der Waals surface area contributed by atoms with Crippen LogP contribution in [0.15, 0.2) is 72.9 Å². The zero-order valence-corrected chi connectivity index (χ0v) is 34.0. The molecule has 0 spiro atoms. The molecule has 0 fully saturated rings. The number of carbonyl (C=O) groups is 4. The van der Waals surface area contributed by atoms with Crippen LogP contribution in [0, 0.1) is 5.92 Å². The molecule has 4 amide bonds. The SMILES string of the molecule is C/C=C\CC.C=CCCCNC(=O)NCC(CCCCCC(C(=O)NCCc1ccc(OC)cc1)N(C)C)C(C=O)NC(=O)C(CC1=CCCC=C1)NC. The molecule has 0 saturated carbocycles. The lowest BCUT2D eigenvalue weighted by Crippen LogP contribution is -2.52. The van der Waals surface area contributed by atoms with E-state index < -0.39 is 12.1 Å². The third-order valence-electron chi connectivity index (χ3n) is 9.36. The van der Waals surface area contributed by atoms with Crippen LogP contribution in [0.2, 0.25) is 0 Å². The van der Waals surface area contributed by atoms with Crippen molar-refractivity contribution in [3.8, 4) is 5.75 Å². The maximum atomic E-state index is 13.3. The zero-order valence-electron chi connectivity index (χ0n) is 34.0. The average Bonchev–Trinajstić information content (AvgIpc) is 3.18.